The van der Waals surface area contributed by atoms with E-state index in [0.29, 0.717) is 5.41 Å². The van der Waals surface area contributed by atoms with Gasteiger partial charge in [0, 0.05) is 0 Å². The molecule has 4 atom stereocenters. The normalized spacial score (nSPS) is 41.6. The minimum absolute atomic E-state index is 0.101. The van der Waals surface area contributed by atoms with Crippen LogP contribution in [0.5, 0.6) is 0 Å². The Bertz CT molecular complexity index is 205. The Labute approximate surface area is 87.9 Å². The minimum Gasteiger partial charge on any atom is -0.393 e. The number of aliphatic hydroxyl groups is 1. The summed E-state index contributed by atoms with van der Waals surface area (Å²) in [7, 11) is 0. The molecule has 3 unspecified atom stereocenters. The van der Waals surface area contributed by atoms with Crippen LogP contribution in [0.2, 0.25) is 0 Å². The molecular formula is C13H24O. The first-order valence-corrected chi connectivity index (χ1v) is 6.20. The quantitative estimate of drug-likeness (QED) is 0.735. The van der Waals surface area contributed by atoms with E-state index in [9.17, 15) is 5.11 Å². The smallest absolute Gasteiger partial charge is 0.0512 e. The first kappa shape index (κ1) is 10.5. The highest BCUT2D eigenvalue weighted by atomic mass is 16.3. The van der Waals surface area contributed by atoms with Crippen molar-refractivity contribution < 1.29 is 5.11 Å². The molecule has 0 aromatic rings. The summed E-state index contributed by atoms with van der Waals surface area (Å²) in [6.07, 6.45) is 6.48. The standard InChI is InChI=1S/C13H24O/c1-9(14)4-5-10-6-7-11-8-12(10)13(11,2)3/h9-12,14H,4-8H2,1-3H3/t9-,10?,11?,12?/m0/s1. The Hall–Kier alpha value is -0.0400. The summed E-state index contributed by atoms with van der Waals surface area (Å²) in [5.41, 5.74) is 0.613. The molecule has 1 N–H and O–H groups in total. The first-order valence-electron chi connectivity index (χ1n) is 6.20. The Morgan fingerprint density at radius 1 is 1.36 bits per heavy atom. The van der Waals surface area contributed by atoms with E-state index in [-0.39, 0.29) is 6.10 Å². The number of hydrogen-bond acceptors (Lipinski definition) is 1. The summed E-state index contributed by atoms with van der Waals surface area (Å²) in [6.45, 7) is 6.80. The minimum atomic E-state index is -0.101. The molecule has 0 amide bonds. The second-order valence-electron chi connectivity index (χ2n) is 6.12. The van der Waals surface area contributed by atoms with Gasteiger partial charge in [0.15, 0.2) is 0 Å². The maximum absolute atomic E-state index is 9.31. The van der Waals surface area contributed by atoms with Gasteiger partial charge in [-0.2, -0.15) is 0 Å². The van der Waals surface area contributed by atoms with Gasteiger partial charge in [0.05, 0.1) is 6.10 Å². The lowest BCUT2D eigenvalue weighted by Crippen LogP contribution is -2.52. The third kappa shape index (κ3) is 1.60. The van der Waals surface area contributed by atoms with Gasteiger partial charge in [-0.25, -0.2) is 0 Å². The SMILES string of the molecule is C[C@H](O)CCC1CCC2CC1C2(C)C. The van der Waals surface area contributed by atoms with Crippen LogP contribution in [0, 0.1) is 23.2 Å². The van der Waals surface area contributed by atoms with Crippen LogP contribution in [0.1, 0.15) is 52.9 Å². The van der Waals surface area contributed by atoms with Gasteiger partial charge in [-0.1, -0.05) is 13.8 Å². The van der Waals surface area contributed by atoms with Crippen molar-refractivity contribution >= 4 is 0 Å². The molecule has 0 saturated heterocycles. The second kappa shape index (κ2) is 3.52. The van der Waals surface area contributed by atoms with Crippen LogP contribution in [0.3, 0.4) is 0 Å². The van der Waals surface area contributed by atoms with E-state index in [1.54, 1.807) is 0 Å². The van der Waals surface area contributed by atoms with E-state index >= 15 is 0 Å². The van der Waals surface area contributed by atoms with Gasteiger partial charge in [-0.05, 0) is 62.2 Å². The molecule has 0 heterocycles. The van der Waals surface area contributed by atoms with Crippen molar-refractivity contribution in [1.29, 1.82) is 0 Å². The van der Waals surface area contributed by atoms with Gasteiger partial charge in [0.1, 0.15) is 0 Å². The van der Waals surface area contributed by atoms with Crippen molar-refractivity contribution in [3.63, 3.8) is 0 Å². The van der Waals surface area contributed by atoms with Gasteiger partial charge in [0.25, 0.3) is 0 Å². The zero-order chi connectivity index (χ0) is 10.3. The Morgan fingerprint density at radius 2 is 2.07 bits per heavy atom. The molecule has 1 heteroatoms. The number of rotatable bonds is 3. The molecule has 0 aromatic heterocycles. The van der Waals surface area contributed by atoms with E-state index in [1.807, 2.05) is 6.92 Å². The maximum atomic E-state index is 9.31. The first-order chi connectivity index (χ1) is 6.51. The molecule has 0 spiro atoms. The third-order valence-corrected chi connectivity index (χ3v) is 4.96. The van der Waals surface area contributed by atoms with Crippen molar-refractivity contribution in [1.82, 2.24) is 0 Å². The molecule has 3 aliphatic rings. The van der Waals surface area contributed by atoms with Crippen molar-refractivity contribution in [3.05, 3.63) is 0 Å². The molecule has 0 aliphatic heterocycles. The van der Waals surface area contributed by atoms with Crippen LogP contribution in [0.15, 0.2) is 0 Å². The molecule has 0 aromatic carbocycles. The Balaban J connectivity index is 1.88. The van der Waals surface area contributed by atoms with Crippen LogP contribution < -0.4 is 0 Å². The lowest BCUT2D eigenvalue weighted by molar-refractivity contribution is -0.108. The van der Waals surface area contributed by atoms with E-state index in [0.717, 1.165) is 24.2 Å². The molecule has 0 radical (unpaired) electrons. The monoisotopic (exact) mass is 196 g/mol. The van der Waals surface area contributed by atoms with Crippen molar-refractivity contribution in [2.75, 3.05) is 0 Å². The summed E-state index contributed by atoms with van der Waals surface area (Å²) in [6, 6.07) is 0. The van der Waals surface area contributed by atoms with Gasteiger partial charge >= 0.3 is 0 Å². The van der Waals surface area contributed by atoms with Crippen LogP contribution in [-0.2, 0) is 0 Å². The summed E-state index contributed by atoms with van der Waals surface area (Å²) >= 11 is 0. The van der Waals surface area contributed by atoms with Gasteiger partial charge in [-0.15, -0.1) is 0 Å². The molecule has 3 saturated carbocycles. The lowest BCUT2D eigenvalue weighted by atomic mass is 9.45. The molecule has 2 bridgehead atoms. The average molecular weight is 196 g/mol. The summed E-state index contributed by atoms with van der Waals surface area (Å²) < 4.78 is 0. The number of hydrogen-bond donors (Lipinski definition) is 1. The third-order valence-electron chi connectivity index (χ3n) is 4.96. The molecule has 3 aliphatic carbocycles. The van der Waals surface area contributed by atoms with Crippen LogP contribution in [0.25, 0.3) is 0 Å². The molecule has 1 nitrogen and oxygen atoms in total. The highest BCUT2D eigenvalue weighted by Crippen LogP contribution is 2.62. The van der Waals surface area contributed by atoms with Gasteiger partial charge < -0.3 is 5.11 Å². The van der Waals surface area contributed by atoms with E-state index < -0.39 is 0 Å². The number of aliphatic hydroxyl groups excluding tert-OH is 1. The molecule has 3 fully saturated rings. The molecule has 82 valence electrons. The predicted molar refractivity (Wildman–Crippen MR) is 59.0 cm³/mol. The van der Waals surface area contributed by atoms with Gasteiger partial charge in [0.2, 0.25) is 0 Å². The zero-order valence-electron chi connectivity index (χ0n) is 9.79. The topological polar surface area (TPSA) is 20.2 Å². The Kier molecular flexibility index (Phi) is 2.63. The summed E-state index contributed by atoms with van der Waals surface area (Å²) in [4.78, 5) is 0. The molecule has 14 heavy (non-hydrogen) atoms. The predicted octanol–water partition coefficient (Wildman–Crippen LogP) is 3.22. The van der Waals surface area contributed by atoms with Crippen LogP contribution in [-0.4, -0.2) is 11.2 Å². The summed E-state index contributed by atoms with van der Waals surface area (Å²) in [5.74, 6) is 2.87. The van der Waals surface area contributed by atoms with Crippen molar-refractivity contribution in [2.45, 2.75) is 59.0 Å². The highest BCUT2D eigenvalue weighted by Gasteiger charge is 2.53. The fourth-order valence-corrected chi connectivity index (χ4v) is 3.76. The van der Waals surface area contributed by atoms with Crippen LogP contribution in [0.4, 0.5) is 0 Å². The summed E-state index contributed by atoms with van der Waals surface area (Å²) in [5, 5.41) is 9.31. The number of fused-ring (bicyclic) bond motifs is 2. The average Bonchev–Trinajstić information content (AvgIpc) is 2.14. The van der Waals surface area contributed by atoms with E-state index in [4.69, 9.17) is 0 Å². The van der Waals surface area contributed by atoms with E-state index in [2.05, 4.69) is 13.8 Å². The van der Waals surface area contributed by atoms with Crippen molar-refractivity contribution in [3.8, 4) is 0 Å². The zero-order valence-corrected chi connectivity index (χ0v) is 9.79. The lowest BCUT2D eigenvalue weighted by Gasteiger charge is -2.60. The maximum Gasteiger partial charge on any atom is 0.0512 e. The fraction of sp³-hybridized carbons (Fsp3) is 1.00. The Morgan fingerprint density at radius 3 is 2.57 bits per heavy atom. The molecular weight excluding hydrogens is 172 g/mol. The second-order valence-corrected chi connectivity index (χ2v) is 6.12. The van der Waals surface area contributed by atoms with Crippen LogP contribution >= 0.6 is 0 Å². The van der Waals surface area contributed by atoms with Gasteiger partial charge in [-0.3, -0.25) is 0 Å². The molecule has 3 rings (SSSR count). The largest absolute Gasteiger partial charge is 0.393 e. The van der Waals surface area contributed by atoms with E-state index in [1.165, 1.54) is 25.7 Å². The highest BCUT2D eigenvalue weighted by molar-refractivity contribution is 5.03. The fourth-order valence-electron chi connectivity index (χ4n) is 3.76. The van der Waals surface area contributed by atoms with Crippen molar-refractivity contribution in [2.24, 2.45) is 23.2 Å².